The van der Waals surface area contributed by atoms with Gasteiger partial charge in [-0.25, -0.2) is 4.98 Å². The summed E-state index contributed by atoms with van der Waals surface area (Å²) in [6.45, 7) is 4.98. The zero-order valence-corrected chi connectivity index (χ0v) is 12.4. The molecule has 0 atom stereocenters. The first-order valence-electron chi connectivity index (χ1n) is 7.56. The van der Waals surface area contributed by atoms with E-state index in [1.54, 1.807) is 0 Å². The Bertz CT molecular complexity index is 701. The number of aryl methyl sites for hydroxylation is 2. The Morgan fingerprint density at radius 2 is 1.95 bits per heavy atom. The molecule has 0 aliphatic heterocycles. The van der Waals surface area contributed by atoms with Gasteiger partial charge in [0.15, 0.2) is 0 Å². The molecule has 3 nitrogen and oxygen atoms in total. The third-order valence-electron chi connectivity index (χ3n) is 3.77. The fraction of sp³-hybridized carbons (Fsp3) is 0.278. The van der Waals surface area contributed by atoms with E-state index in [2.05, 4.69) is 64.4 Å². The molecule has 3 heteroatoms. The molecule has 21 heavy (non-hydrogen) atoms. The first kappa shape index (κ1) is 13.8. The smallest absolute Gasteiger partial charge is 0.140 e. The van der Waals surface area contributed by atoms with Crippen LogP contribution in [0.2, 0.25) is 0 Å². The third kappa shape index (κ3) is 3.14. The normalized spacial score (nSPS) is 11.1. The van der Waals surface area contributed by atoms with Gasteiger partial charge in [0.2, 0.25) is 0 Å². The summed E-state index contributed by atoms with van der Waals surface area (Å²) in [5, 5.41) is 4.66. The molecule has 1 aromatic carbocycles. The van der Waals surface area contributed by atoms with Crippen molar-refractivity contribution in [2.24, 2.45) is 0 Å². The average molecular weight is 279 g/mol. The fourth-order valence-corrected chi connectivity index (χ4v) is 2.66. The van der Waals surface area contributed by atoms with Crippen molar-refractivity contribution < 1.29 is 0 Å². The van der Waals surface area contributed by atoms with Gasteiger partial charge in [0, 0.05) is 30.9 Å². The fourth-order valence-electron chi connectivity index (χ4n) is 2.66. The maximum atomic E-state index is 4.56. The SMILES string of the molecule is CCNCc1cn(CCc2ccccc2)c2ncccc12. The molecule has 0 saturated heterocycles. The van der Waals surface area contributed by atoms with E-state index in [1.165, 1.54) is 16.5 Å². The van der Waals surface area contributed by atoms with Crippen LogP contribution in [0.5, 0.6) is 0 Å². The van der Waals surface area contributed by atoms with Gasteiger partial charge in [-0.3, -0.25) is 0 Å². The minimum absolute atomic E-state index is 0.900. The second kappa shape index (κ2) is 6.55. The largest absolute Gasteiger partial charge is 0.332 e. The van der Waals surface area contributed by atoms with Crippen LogP contribution < -0.4 is 5.32 Å². The van der Waals surface area contributed by atoms with Crippen LogP contribution in [0.15, 0.2) is 54.9 Å². The highest BCUT2D eigenvalue weighted by Crippen LogP contribution is 2.19. The Morgan fingerprint density at radius 3 is 2.76 bits per heavy atom. The molecule has 0 saturated carbocycles. The molecule has 0 aliphatic rings. The Labute approximate surface area is 125 Å². The van der Waals surface area contributed by atoms with E-state index in [0.29, 0.717) is 0 Å². The number of pyridine rings is 1. The van der Waals surface area contributed by atoms with E-state index >= 15 is 0 Å². The second-order valence-electron chi connectivity index (χ2n) is 5.24. The summed E-state index contributed by atoms with van der Waals surface area (Å²) in [6, 6.07) is 14.8. The molecule has 0 amide bonds. The summed E-state index contributed by atoms with van der Waals surface area (Å²) in [5.74, 6) is 0. The molecular weight excluding hydrogens is 258 g/mol. The summed E-state index contributed by atoms with van der Waals surface area (Å²) >= 11 is 0. The predicted octanol–water partition coefficient (Wildman–Crippen LogP) is 3.39. The molecule has 1 N–H and O–H groups in total. The number of nitrogens with zero attached hydrogens (tertiary/aromatic N) is 2. The van der Waals surface area contributed by atoms with Crippen molar-refractivity contribution in [3.8, 4) is 0 Å². The highest BCUT2D eigenvalue weighted by molar-refractivity contribution is 5.80. The zero-order chi connectivity index (χ0) is 14.5. The summed E-state index contributed by atoms with van der Waals surface area (Å²) in [4.78, 5) is 4.56. The topological polar surface area (TPSA) is 29.9 Å². The van der Waals surface area contributed by atoms with Crippen LogP contribution in [0.4, 0.5) is 0 Å². The first-order chi connectivity index (χ1) is 10.4. The van der Waals surface area contributed by atoms with Crippen LogP contribution in [0, 0.1) is 0 Å². The van der Waals surface area contributed by atoms with Crippen molar-refractivity contribution in [1.29, 1.82) is 0 Å². The molecule has 108 valence electrons. The molecule has 0 bridgehead atoms. The lowest BCUT2D eigenvalue weighted by Gasteiger charge is -2.04. The summed E-state index contributed by atoms with van der Waals surface area (Å²) in [7, 11) is 0. The van der Waals surface area contributed by atoms with Crippen molar-refractivity contribution in [2.75, 3.05) is 6.54 Å². The molecule has 2 heterocycles. The van der Waals surface area contributed by atoms with Gasteiger partial charge in [0.25, 0.3) is 0 Å². The van der Waals surface area contributed by atoms with E-state index < -0.39 is 0 Å². The minimum atomic E-state index is 0.900. The zero-order valence-electron chi connectivity index (χ0n) is 12.4. The Morgan fingerprint density at radius 1 is 1.10 bits per heavy atom. The molecule has 0 fully saturated rings. The lowest BCUT2D eigenvalue weighted by Crippen LogP contribution is -2.11. The lowest BCUT2D eigenvalue weighted by molar-refractivity contribution is 0.698. The summed E-state index contributed by atoms with van der Waals surface area (Å²) in [6.07, 6.45) is 5.14. The standard InChI is InChI=1S/C18H21N3/c1-2-19-13-16-14-21(18-17(16)9-6-11-20-18)12-10-15-7-4-3-5-8-15/h3-9,11,14,19H,2,10,12-13H2,1H3. The van der Waals surface area contributed by atoms with Crippen molar-refractivity contribution in [3.63, 3.8) is 0 Å². The number of fused-ring (bicyclic) bond motifs is 1. The Kier molecular flexibility index (Phi) is 4.31. The average Bonchev–Trinajstić information content (AvgIpc) is 2.90. The number of aromatic nitrogens is 2. The molecule has 0 aliphatic carbocycles. The highest BCUT2D eigenvalue weighted by Gasteiger charge is 2.08. The van der Waals surface area contributed by atoms with Gasteiger partial charge in [-0.1, -0.05) is 37.3 Å². The maximum Gasteiger partial charge on any atom is 0.140 e. The monoisotopic (exact) mass is 279 g/mol. The van der Waals surface area contributed by atoms with Gasteiger partial charge >= 0.3 is 0 Å². The van der Waals surface area contributed by atoms with Crippen LogP contribution >= 0.6 is 0 Å². The number of nitrogens with one attached hydrogen (secondary N) is 1. The van der Waals surface area contributed by atoms with Crippen molar-refractivity contribution >= 4 is 11.0 Å². The van der Waals surface area contributed by atoms with Crippen LogP contribution in [-0.4, -0.2) is 16.1 Å². The minimum Gasteiger partial charge on any atom is -0.332 e. The Balaban J connectivity index is 1.84. The second-order valence-corrected chi connectivity index (χ2v) is 5.24. The summed E-state index contributed by atoms with van der Waals surface area (Å²) < 4.78 is 2.27. The number of hydrogen-bond donors (Lipinski definition) is 1. The van der Waals surface area contributed by atoms with Crippen molar-refractivity contribution in [2.45, 2.75) is 26.4 Å². The van der Waals surface area contributed by atoms with E-state index in [9.17, 15) is 0 Å². The van der Waals surface area contributed by atoms with Gasteiger partial charge in [-0.2, -0.15) is 0 Å². The third-order valence-corrected chi connectivity index (χ3v) is 3.77. The predicted molar refractivity (Wildman–Crippen MR) is 87.3 cm³/mol. The maximum absolute atomic E-state index is 4.56. The van der Waals surface area contributed by atoms with Crippen molar-refractivity contribution in [1.82, 2.24) is 14.9 Å². The number of benzene rings is 1. The molecule has 0 unspecified atom stereocenters. The molecular formula is C18H21N3. The van der Waals surface area contributed by atoms with Crippen LogP contribution in [0.3, 0.4) is 0 Å². The summed E-state index contributed by atoms with van der Waals surface area (Å²) in [5.41, 5.74) is 3.78. The van der Waals surface area contributed by atoms with E-state index in [-0.39, 0.29) is 0 Å². The van der Waals surface area contributed by atoms with Gasteiger partial charge in [0.05, 0.1) is 0 Å². The number of rotatable bonds is 6. The molecule has 2 aromatic heterocycles. The van der Waals surface area contributed by atoms with E-state index in [0.717, 1.165) is 31.7 Å². The molecule has 3 rings (SSSR count). The quantitative estimate of drug-likeness (QED) is 0.749. The highest BCUT2D eigenvalue weighted by atomic mass is 15.0. The first-order valence-corrected chi connectivity index (χ1v) is 7.56. The lowest BCUT2D eigenvalue weighted by atomic mass is 10.1. The van der Waals surface area contributed by atoms with Crippen LogP contribution in [0.25, 0.3) is 11.0 Å². The Hall–Kier alpha value is -2.13. The van der Waals surface area contributed by atoms with E-state index in [4.69, 9.17) is 0 Å². The van der Waals surface area contributed by atoms with Gasteiger partial charge in [0.1, 0.15) is 5.65 Å². The number of hydrogen-bond acceptors (Lipinski definition) is 2. The molecule has 3 aromatic rings. The van der Waals surface area contributed by atoms with Gasteiger partial charge in [-0.05, 0) is 36.2 Å². The molecule has 0 spiro atoms. The molecule has 0 radical (unpaired) electrons. The van der Waals surface area contributed by atoms with Gasteiger partial charge < -0.3 is 9.88 Å². The van der Waals surface area contributed by atoms with Gasteiger partial charge in [-0.15, -0.1) is 0 Å². The van der Waals surface area contributed by atoms with Crippen molar-refractivity contribution in [3.05, 3.63) is 66.0 Å². The van der Waals surface area contributed by atoms with Crippen LogP contribution in [0.1, 0.15) is 18.1 Å². The van der Waals surface area contributed by atoms with Crippen LogP contribution in [-0.2, 0) is 19.5 Å². The van der Waals surface area contributed by atoms with E-state index in [1.807, 2.05) is 12.3 Å².